The van der Waals surface area contributed by atoms with Crippen LogP contribution in [0.3, 0.4) is 0 Å². The van der Waals surface area contributed by atoms with Crippen LogP contribution >= 0.6 is 0 Å². The molecule has 1 heterocycles. The first-order chi connectivity index (χ1) is 12.1. The summed E-state index contributed by atoms with van der Waals surface area (Å²) >= 11 is 0. The standard InChI is InChI=1S/C19H20FN5/c1-13-9-14(2)11-16(10-13)23-19-24-18(12-22-25-19)21-8-7-15-5-3-4-6-17(15)20/h3-6,9-12H,7-8H2,1-2H3,(H2,21,23,24,25). The molecule has 0 bridgehead atoms. The third-order valence-corrected chi connectivity index (χ3v) is 3.69. The van der Waals surface area contributed by atoms with E-state index in [9.17, 15) is 4.39 Å². The zero-order valence-corrected chi connectivity index (χ0v) is 14.3. The van der Waals surface area contributed by atoms with Gasteiger partial charge in [-0.15, -0.1) is 5.10 Å². The minimum Gasteiger partial charge on any atom is -0.368 e. The Morgan fingerprint density at radius 3 is 2.56 bits per heavy atom. The molecule has 0 aliphatic heterocycles. The summed E-state index contributed by atoms with van der Waals surface area (Å²) in [5.41, 5.74) is 3.91. The maximum Gasteiger partial charge on any atom is 0.249 e. The highest BCUT2D eigenvalue weighted by molar-refractivity contribution is 5.56. The van der Waals surface area contributed by atoms with Crippen molar-refractivity contribution in [2.75, 3.05) is 17.2 Å². The predicted octanol–water partition coefficient (Wildman–Crippen LogP) is 4.03. The molecule has 3 rings (SSSR count). The Hall–Kier alpha value is -3.02. The van der Waals surface area contributed by atoms with Gasteiger partial charge >= 0.3 is 0 Å². The highest BCUT2D eigenvalue weighted by Crippen LogP contribution is 2.17. The molecule has 1 aromatic heterocycles. The summed E-state index contributed by atoms with van der Waals surface area (Å²) in [5, 5.41) is 14.3. The lowest BCUT2D eigenvalue weighted by molar-refractivity contribution is 0.610. The number of aryl methyl sites for hydroxylation is 2. The molecule has 0 aliphatic rings. The third-order valence-electron chi connectivity index (χ3n) is 3.69. The number of halogens is 1. The van der Waals surface area contributed by atoms with Crippen molar-refractivity contribution in [3.8, 4) is 0 Å². The molecule has 25 heavy (non-hydrogen) atoms. The average Bonchev–Trinajstić information content (AvgIpc) is 2.56. The Bertz CT molecular complexity index is 846. The zero-order valence-electron chi connectivity index (χ0n) is 14.3. The molecule has 0 unspecified atom stereocenters. The number of benzene rings is 2. The van der Waals surface area contributed by atoms with Crippen LogP contribution in [0.1, 0.15) is 16.7 Å². The topological polar surface area (TPSA) is 62.7 Å². The van der Waals surface area contributed by atoms with Crippen LogP contribution in [0.5, 0.6) is 0 Å². The number of aromatic nitrogens is 3. The smallest absolute Gasteiger partial charge is 0.249 e. The Labute approximate surface area is 146 Å². The normalized spacial score (nSPS) is 10.5. The van der Waals surface area contributed by atoms with Gasteiger partial charge in [-0.2, -0.15) is 10.1 Å². The second-order valence-electron chi connectivity index (χ2n) is 5.93. The van der Waals surface area contributed by atoms with E-state index < -0.39 is 0 Å². The number of anilines is 3. The van der Waals surface area contributed by atoms with Gasteiger partial charge in [-0.1, -0.05) is 24.3 Å². The van der Waals surface area contributed by atoms with Crippen molar-refractivity contribution in [3.05, 3.63) is 71.2 Å². The molecule has 3 aromatic rings. The van der Waals surface area contributed by atoms with E-state index in [4.69, 9.17) is 0 Å². The van der Waals surface area contributed by atoms with Gasteiger partial charge in [0.25, 0.3) is 0 Å². The Morgan fingerprint density at radius 2 is 1.80 bits per heavy atom. The number of nitrogens with zero attached hydrogens (tertiary/aromatic N) is 3. The molecular formula is C19H20FN5. The molecule has 2 aromatic carbocycles. The van der Waals surface area contributed by atoms with Crippen LogP contribution < -0.4 is 10.6 Å². The molecule has 0 amide bonds. The SMILES string of the molecule is Cc1cc(C)cc(Nc2nncc(NCCc3ccccc3F)n2)c1. The zero-order chi connectivity index (χ0) is 17.6. The monoisotopic (exact) mass is 337 g/mol. The Morgan fingerprint density at radius 1 is 1.04 bits per heavy atom. The second-order valence-corrected chi connectivity index (χ2v) is 5.93. The van der Waals surface area contributed by atoms with Gasteiger partial charge < -0.3 is 10.6 Å². The van der Waals surface area contributed by atoms with Gasteiger partial charge in [0, 0.05) is 12.2 Å². The summed E-state index contributed by atoms with van der Waals surface area (Å²) in [6.07, 6.45) is 2.12. The van der Waals surface area contributed by atoms with E-state index in [1.165, 1.54) is 6.07 Å². The summed E-state index contributed by atoms with van der Waals surface area (Å²) in [4.78, 5) is 4.39. The molecular weight excluding hydrogens is 317 g/mol. The summed E-state index contributed by atoms with van der Waals surface area (Å²) in [7, 11) is 0. The molecule has 0 saturated heterocycles. The highest BCUT2D eigenvalue weighted by Gasteiger charge is 2.04. The minimum atomic E-state index is -0.192. The van der Waals surface area contributed by atoms with E-state index >= 15 is 0 Å². The van der Waals surface area contributed by atoms with Gasteiger partial charge in [-0.05, 0) is 55.2 Å². The van der Waals surface area contributed by atoms with Crippen molar-refractivity contribution in [3.63, 3.8) is 0 Å². The summed E-state index contributed by atoms with van der Waals surface area (Å²) in [6.45, 7) is 4.64. The molecule has 0 fully saturated rings. The minimum absolute atomic E-state index is 0.192. The second kappa shape index (κ2) is 7.70. The van der Waals surface area contributed by atoms with E-state index in [-0.39, 0.29) is 5.82 Å². The molecule has 2 N–H and O–H groups in total. The van der Waals surface area contributed by atoms with Crippen LogP contribution in [-0.2, 0) is 6.42 Å². The summed E-state index contributed by atoms with van der Waals surface area (Å²) in [6, 6.07) is 12.9. The Balaban J connectivity index is 1.62. The molecule has 0 atom stereocenters. The van der Waals surface area contributed by atoms with Crippen molar-refractivity contribution in [1.82, 2.24) is 15.2 Å². The average molecular weight is 337 g/mol. The molecule has 0 spiro atoms. The van der Waals surface area contributed by atoms with Crippen LogP contribution in [-0.4, -0.2) is 21.7 Å². The number of rotatable bonds is 6. The highest BCUT2D eigenvalue weighted by atomic mass is 19.1. The summed E-state index contributed by atoms with van der Waals surface area (Å²) < 4.78 is 13.6. The maximum absolute atomic E-state index is 13.6. The first kappa shape index (κ1) is 16.8. The quantitative estimate of drug-likeness (QED) is 0.711. The first-order valence-electron chi connectivity index (χ1n) is 8.12. The first-order valence-corrected chi connectivity index (χ1v) is 8.12. The molecule has 5 nitrogen and oxygen atoms in total. The summed E-state index contributed by atoms with van der Waals surface area (Å²) in [5.74, 6) is 0.821. The third kappa shape index (κ3) is 4.73. The lowest BCUT2D eigenvalue weighted by Gasteiger charge is -2.09. The lowest BCUT2D eigenvalue weighted by atomic mass is 10.1. The van der Waals surface area contributed by atoms with E-state index in [2.05, 4.69) is 31.9 Å². The van der Waals surface area contributed by atoms with Gasteiger partial charge in [0.05, 0.1) is 6.20 Å². The van der Waals surface area contributed by atoms with E-state index in [1.54, 1.807) is 18.3 Å². The lowest BCUT2D eigenvalue weighted by Crippen LogP contribution is -2.09. The number of hydrogen-bond acceptors (Lipinski definition) is 5. The van der Waals surface area contributed by atoms with Crippen molar-refractivity contribution >= 4 is 17.5 Å². The van der Waals surface area contributed by atoms with Gasteiger partial charge in [0.1, 0.15) is 5.82 Å². The van der Waals surface area contributed by atoms with Gasteiger partial charge in [0.2, 0.25) is 5.95 Å². The predicted molar refractivity (Wildman–Crippen MR) is 97.6 cm³/mol. The van der Waals surface area contributed by atoms with Crippen molar-refractivity contribution in [2.45, 2.75) is 20.3 Å². The molecule has 0 aliphatic carbocycles. The van der Waals surface area contributed by atoms with E-state index in [1.807, 2.05) is 32.0 Å². The molecule has 128 valence electrons. The molecule has 0 radical (unpaired) electrons. The van der Waals surface area contributed by atoms with Gasteiger partial charge in [0.15, 0.2) is 5.82 Å². The van der Waals surface area contributed by atoms with Gasteiger partial charge in [-0.3, -0.25) is 0 Å². The maximum atomic E-state index is 13.6. The number of nitrogens with one attached hydrogen (secondary N) is 2. The van der Waals surface area contributed by atoms with Crippen LogP contribution in [0.4, 0.5) is 21.8 Å². The fourth-order valence-electron chi connectivity index (χ4n) is 2.64. The van der Waals surface area contributed by atoms with E-state index in [0.717, 1.165) is 16.8 Å². The van der Waals surface area contributed by atoms with Crippen molar-refractivity contribution < 1.29 is 4.39 Å². The van der Waals surface area contributed by atoms with Crippen molar-refractivity contribution in [1.29, 1.82) is 0 Å². The van der Waals surface area contributed by atoms with Crippen molar-refractivity contribution in [2.24, 2.45) is 0 Å². The van der Waals surface area contributed by atoms with Crippen LogP contribution in [0, 0.1) is 19.7 Å². The number of hydrogen-bond donors (Lipinski definition) is 2. The van der Waals surface area contributed by atoms with Crippen LogP contribution in [0.2, 0.25) is 0 Å². The largest absolute Gasteiger partial charge is 0.368 e. The fraction of sp³-hybridized carbons (Fsp3) is 0.211. The fourth-order valence-corrected chi connectivity index (χ4v) is 2.64. The molecule has 6 heteroatoms. The van der Waals surface area contributed by atoms with Crippen LogP contribution in [0.15, 0.2) is 48.7 Å². The Kier molecular flexibility index (Phi) is 5.18. The van der Waals surface area contributed by atoms with E-state index in [0.29, 0.717) is 30.3 Å². The molecule has 0 saturated carbocycles. The van der Waals surface area contributed by atoms with Crippen LogP contribution in [0.25, 0.3) is 0 Å². The van der Waals surface area contributed by atoms with Gasteiger partial charge in [-0.25, -0.2) is 4.39 Å².